The number of hydrogen-bond donors (Lipinski definition) is 2. The Morgan fingerprint density at radius 2 is 2.10 bits per heavy atom. The van der Waals surface area contributed by atoms with Gasteiger partial charge in [-0.3, -0.25) is 4.79 Å². The van der Waals surface area contributed by atoms with Crippen molar-refractivity contribution in [3.63, 3.8) is 0 Å². The van der Waals surface area contributed by atoms with Crippen LogP contribution in [0.5, 0.6) is 0 Å². The van der Waals surface area contributed by atoms with Crippen molar-refractivity contribution in [1.82, 2.24) is 20.2 Å². The summed E-state index contributed by atoms with van der Waals surface area (Å²) in [5.41, 5.74) is 0.574. The number of nitrogens with one attached hydrogen (secondary N) is 2. The second kappa shape index (κ2) is 5.75. The van der Waals surface area contributed by atoms with E-state index in [-0.39, 0.29) is 5.91 Å². The average molecular weight is 275 g/mol. The maximum absolute atomic E-state index is 12.5. The SMILES string of the molecule is CCNc1ncc(C(=O)N2CC[C@H]3CC[C@@H](C2)N3)cn1. The molecule has 0 aliphatic carbocycles. The van der Waals surface area contributed by atoms with Gasteiger partial charge < -0.3 is 15.5 Å². The molecule has 2 atom stereocenters. The summed E-state index contributed by atoms with van der Waals surface area (Å²) in [5.74, 6) is 0.614. The minimum Gasteiger partial charge on any atom is -0.355 e. The van der Waals surface area contributed by atoms with Crippen molar-refractivity contribution in [1.29, 1.82) is 0 Å². The first-order valence-electron chi connectivity index (χ1n) is 7.37. The smallest absolute Gasteiger partial charge is 0.257 e. The average Bonchev–Trinajstić information content (AvgIpc) is 2.79. The van der Waals surface area contributed by atoms with E-state index in [2.05, 4.69) is 20.6 Å². The van der Waals surface area contributed by atoms with Crippen molar-refractivity contribution >= 4 is 11.9 Å². The number of amides is 1. The topological polar surface area (TPSA) is 70.2 Å². The second-order valence-electron chi connectivity index (χ2n) is 5.50. The van der Waals surface area contributed by atoms with Gasteiger partial charge in [0.1, 0.15) is 0 Å². The lowest BCUT2D eigenvalue weighted by molar-refractivity contribution is 0.0747. The molecular formula is C14H21N5O. The summed E-state index contributed by atoms with van der Waals surface area (Å²) in [7, 11) is 0. The predicted octanol–water partition coefficient (Wildman–Crippen LogP) is 0.875. The Balaban J connectivity index is 1.68. The molecular weight excluding hydrogens is 254 g/mol. The van der Waals surface area contributed by atoms with Crippen molar-refractivity contribution in [2.45, 2.75) is 38.3 Å². The maximum Gasteiger partial charge on any atom is 0.257 e. The number of carbonyl (C=O) groups is 1. The van der Waals surface area contributed by atoms with Crippen LogP contribution in [0, 0.1) is 0 Å². The lowest BCUT2D eigenvalue weighted by Gasteiger charge is -2.24. The van der Waals surface area contributed by atoms with E-state index in [1.807, 2.05) is 11.8 Å². The molecule has 2 N–H and O–H groups in total. The van der Waals surface area contributed by atoms with Crippen LogP contribution in [0.4, 0.5) is 5.95 Å². The highest BCUT2D eigenvalue weighted by atomic mass is 16.2. The van der Waals surface area contributed by atoms with Crippen LogP contribution in [0.1, 0.15) is 36.5 Å². The van der Waals surface area contributed by atoms with Crippen molar-refractivity contribution < 1.29 is 4.79 Å². The van der Waals surface area contributed by atoms with E-state index in [4.69, 9.17) is 0 Å². The van der Waals surface area contributed by atoms with Gasteiger partial charge in [0.25, 0.3) is 5.91 Å². The Bertz CT molecular complexity index is 475. The number of rotatable bonds is 3. The first-order valence-corrected chi connectivity index (χ1v) is 7.37. The number of fused-ring (bicyclic) bond motifs is 2. The van der Waals surface area contributed by atoms with Crippen LogP contribution in [-0.2, 0) is 0 Å². The quantitative estimate of drug-likeness (QED) is 0.857. The first-order chi connectivity index (χ1) is 9.76. The molecule has 2 aliphatic heterocycles. The van der Waals surface area contributed by atoms with Gasteiger partial charge in [0.2, 0.25) is 5.95 Å². The molecule has 0 unspecified atom stereocenters. The van der Waals surface area contributed by atoms with Crippen LogP contribution in [0.2, 0.25) is 0 Å². The van der Waals surface area contributed by atoms with Crippen molar-refractivity contribution in [2.24, 2.45) is 0 Å². The van der Waals surface area contributed by atoms with Crippen LogP contribution < -0.4 is 10.6 Å². The number of carbonyl (C=O) groups excluding carboxylic acids is 1. The van der Waals surface area contributed by atoms with E-state index in [9.17, 15) is 4.79 Å². The Kier molecular flexibility index (Phi) is 3.82. The summed E-state index contributed by atoms with van der Waals surface area (Å²) in [4.78, 5) is 22.8. The summed E-state index contributed by atoms with van der Waals surface area (Å²) in [6.07, 6.45) is 6.68. The summed E-state index contributed by atoms with van der Waals surface area (Å²) in [6, 6.07) is 1.04. The van der Waals surface area contributed by atoms with E-state index in [1.165, 1.54) is 12.8 Å². The maximum atomic E-state index is 12.5. The molecule has 1 amide bonds. The molecule has 3 heterocycles. The molecule has 20 heavy (non-hydrogen) atoms. The minimum absolute atomic E-state index is 0.0439. The molecule has 3 rings (SSSR count). The summed E-state index contributed by atoms with van der Waals surface area (Å²) < 4.78 is 0. The Labute approximate surface area is 119 Å². The second-order valence-corrected chi connectivity index (χ2v) is 5.50. The highest BCUT2D eigenvalue weighted by molar-refractivity contribution is 5.93. The molecule has 1 aromatic rings. The van der Waals surface area contributed by atoms with Gasteiger partial charge in [0.15, 0.2) is 0 Å². The van der Waals surface area contributed by atoms with E-state index >= 15 is 0 Å². The van der Waals surface area contributed by atoms with E-state index in [1.54, 1.807) is 12.4 Å². The third-order valence-electron chi connectivity index (χ3n) is 4.04. The molecule has 6 heteroatoms. The number of aromatic nitrogens is 2. The van der Waals surface area contributed by atoms with Gasteiger partial charge in [-0.1, -0.05) is 0 Å². The van der Waals surface area contributed by atoms with E-state index in [0.717, 1.165) is 26.1 Å². The summed E-state index contributed by atoms with van der Waals surface area (Å²) in [5, 5.41) is 6.61. The number of anilines is 1. The van der Waals surface area contributed by atoms with Crippen LogP contribution in [0.3, 0.4) is 0 Å². The van der Waals surface area contributed by atoms with Crippen molar-refractivity contribution in [2.75, 3.05) is 25.0 Å². The van der Waals surface area contributed by atoms with Crippen molar-refractivity contribution in [3.8, 4) is 0 Å². The largest absolute Gasteiger partial charge is 0.355 e. The molecule has 2 saturated heterocycles. The monoisotopic (exact) mass is 275 g/mol. The van der Waals surface area contributed by atoms with Gasteiger partial charge in [-0.15, -0.1) is 0 Å². The molecule has 6 nitrogen and oxygen atoms in total. The zero-order valence-electron chi connectivity index (χ0n) is 11.8. The zero-order valence-corrected chi connectivity index (χ0v) is 11.8. The van der Waals surface area contributed by atoms with Gasteiger partial charge in [0, 0.05) is 44.1 Å². The van der Waals surface area contributed by atoms with Crippen LogP contribution >= 0.6 is 0 Å². The van der Waals surface area contributed by atoms with Gasteiger partial charge >= 0.3 is 0 Å². The molecule has 0 spiro atoms. The van der Waals surface area contributed by atoms with Crippen molar-refractivity contribution in [3.05, 3.63) is 18.0 Å². The van der Waals surface area contributed by atoms with Gasteiger partial charge in [-0.25, -0.2) is 9.97 Å². The molecule has 0 radical (unpaired) electrons. The normalized spacial score (nSPS) is 25.4. The van der Waals surface area contributed by atoms with Crippen LogP contribution in [-0.4, -0.2) is 52.5 Å². The Hall–Kier alpha value is -1.69. The fourth-order valence-electron chi connectivity index (χ4n) is 3.00. The highest BCUT2D eigenvalue weighted by Crippen LogP contribution is 2.21. The molecule has 0 saturated carbocycles. The van der Waals surface area contributed by atoms with Crippen LogP contribution in [0.25, 0.3) is 0 Å². The molecule has 0 aromatic carbocycles. The molecule has 2 fully saturated rings. The molecule has 2 aliphatic rings. The summed E-state index contributed by atoms with van der Waals surface area (Å²) in [6.45, 7) is 4.38. The number of nitrogens with zero attached hydrogens (tertiary/aromatic N) is 3. The zero-order chi connectivity index (χ0) is 13.9. The van der Waals surface area contributed by atoms with Gasteiger partial charge in [-0.05, 0) is 26.2 Å². The highest BCUT2D eigenvalue weighted by Gasteiger charge is 2.31. The minimum atomic E-state index is 0.0439. The third-order valence-corrected chi connectivity index (χ3v) is 4.04. The molecule has 1 aromatic heterocycles. The van der Waals surface area contributed by atoms with Gasteiger partial charge in [-0.2, -0.15) is 0 Å². The van der Waals surface area contributed by atoms with E-state index < -0.39 is 0 Å². The summed E-state index contributed by atoms with van der Waals surface area (Å²) >= 11 is 0. The van der Waals surface area contributed by atoms with E-state index in [0.29, 0.717) is 23.6 Å². The standard InChI is InChI=1S/C14H21N5O/c1-2-15-14-16-7-10(8-17-14)13(20)19-6-5-11-3-4-12(9-19)18-11/h7-8,11-12,18H,2-6,9H2,1H3,(H,15,16,17)/t11-,12+/m1/s1. The molecule has 2 bridgehead atoms. The number of likely N-dealkylation sites (tertiary alicyclic amines) is 1. The first kappa shape index (κ1) is 13.3. The Morgan fingerprint density at radius 3 is 2.85 bits per heavy atom. The fraction of sp³-hybridized carbons (Fsp3) is 0.643. The van der Waals surface area contributed by atoms with Crippen LogP contribution in [0.15, 0.2) is 12.4 Å². The predicted molar refractivity (Wildman–Crippen MR) is 76.7 cm³/mol. The lowest BCUT2D eigenvalue weighted by atomic mass is 10.1. The Morgan fingerprint density at radius 1 is 1.35 bits per heavy atom. The fourth-order valence-corrected chi connectivity index (χ4v) is 3.00. The molecule has 108 valence electrons. The third kappa shape index (κ3) is 2.75. The lowest BCUT2D eigenvalue weighted by Crippen LogP contribution is -2.39. The van der Waals surface area contributed by atoms with Gasteiger partial charge in [0.05, 0.1) is 5.56 Å². The number of hydrogen-bond acceptors (Lipinski definition) is 5.